The number of likely N-dealkylation sites (tertiary alicyclic amines) is 1. The van der Waals surface area contributed by atoms with Crippen LogP contribution >= 0.6 is 0 Å². The van der Waals surface area contributed by atoms with Gasteiger partial charge >= 0.3 is 0 Å². The van der Waals surface area contributed by atoms with E-state index in [0.29, 0.717) is 0 Å². The van der Waals surface area contributed by atoms with Gasteiger partial charge in [0.15, 0.2) is 0 Å². The number of fused-ring (bicyclic) bond motifs is 1. The maximum atomic E-state index is 2.60. The van der Waals surface area contributed by atoms with Gasteiger partial charge in [0, 0.05) is 6.54 Å². The Morgan fingerprint density at radius 1 is 1.06 bits per heavy atom. The van der Waals surface area contributed by atoms with E-state index in [2.05, 4.69) is 35.2 Å². The van der Waals surface area contributed by atoms with Crippen LogP contribution in [0.25, 0.3) is 5.57 Å². The fraction of sp³-hybridized carbons (Fsp3) is 0.467. The lowest BCUT2D eigenvalue weighted by Gasteiger charge is -2.15. The summed E-state index contributed by atoms with van der Waals surface area (Å²) in [4.78, 5) is 2.60. The van der Waals surface area contributed by atoms with Crippen LogP contribution in [0.1, 0.15) is 30.4 Å². The summed E-state index contributed by atoms with van der Waals surface area (Å²) in [5, 5.41) is 0. The maximum Gasteiger partial charge on any atom is 0.00219 e. The second-order valence-corrected chi connectivity index (χ2v) is 4.89. The molecule has 1 heterocycles. The topological polar surface area (TPSA) is 3.24 Å². The highest BCUT2D eigenvalue weighted by Crippen LogP contribution is 2.29. The number of rotatable bonds is 3. The molecule has 16 heavy (non-hydrogen) atoms. The minimum atomic E-state index is 1.14. The highest BCUT2D eigenvalue weighted by atomic mass is 15.1. The Bertz CT molecular complexity index is 400. The van der Waals surface area contributed by atoms with Crippen LogP contribution in [-0.2, 0) is 6.42 Å². The average molecular weight is 213 g/mol. The zero-order valence-corrected chi connectivity index (χ0v) is 9.78. The zero-order chi connectivity index (χ0) is 10.8. The molecule has 0 atom stereocenters. The number of nitrogens with zero attached hydrogens (tertiary/aromatic N) is 1. The van der Waals surface area contributed by atoms with Crippen LogP contribution in [0.3, 0.4) is 0 Å². The fourth-order valence-electron chi connectivity index (χ4n) is 2.88. The van der Waals surface area contributed by atoms with Crippen LogP contribution in [0.4, 0.5) is 0 Å². The zero-order valence-electron chi connectivity index (χ0n) is 9.78. The third-order valence-corrected chi connectivity index (χ3v) is 3.83. The third kappa shape index (κ3) is 1.92. The lowest BCUT2D eigenvalue weighted by Crippen LogP contribution is -2.20. The SMILES string of the molecule is C1=C(CCN2CCCC2)c2ccccc2C1. The van der Waals surface area contributed by atoms with Crippen LogP contribution in [0.15, 0.2) is 30.3 Å². The van der Waals surface area contributed by atoms with E-state index in [1.807, 2.05) is 0 Å². The van der Waals surface area contributed by atoms with Crippen molar-refractivity contribution in [3.63, 3.8) is 0 Å². The quantitative estimate of drug-likeness (QED) is 0.745. The monoisotopic (exact) mass is 213 g/mol. The second-order valence-electron chi connectivity index (χ2n) is 4.89. The standard InChI is InChI=1S/C15H19N/c1-2-6-15-13(5-1)7-8-14(15)9-12-16-10-3-4-11-16/h1-2,5-6,8H,3-4,7,9-12H2. The molecule has 1 aliphatic carbocycles. The van der Waals surface area contributed by atoms with E-state index in [-0.39, 0.29) is 0 Å². The van der Waals surface area contributed by atoms with Crippen LogP contribution in [0.5, 0.6) is 0 Å². The minimum absolute atomic E-state index is 1.14. The summed E-state index contributed by atoms with van der Waals surface area (Å²) in [7, 11) is 0. The Hall–Kier alpha value is -1.08. The van der Waals surface area contributed by atoms with Gasteiger partial charge in [-0.15, -0.1) is 0 Å². The number of hydrogen-bond acceptors (Lipinski definition) is 1. The van der Waals surface area contributed by atoms with E-state index >= 15 is 0 Å². The molecule has 1 saturated heterocycles. The summed E-state index contributed by atoms with van der Waals surface area (Å²) in [5.74, 6) is 0. The molecule has 0 unspecified atom stereocenters. The Kier molecular flexibility index (Phi) is 2.79. The maximum absolute atomic E-state index is 2.60. The molecule has 1 fully saturated rings. The molecule has 0 aromatic heterocycles. The van der Waals surface area contributed by atoms with Gasteiger partial charge in [-0.2, -0.15) is 0 Å². The highest BCUT2D eigenvalue weighted by molar-refractivity contribution is 5.72. The fourth-order valence-corrected chi connectivity index (χ4v) is 2.88. The summed E-state index contributed by atoms with van der Waals surface area (Å²) in [6.45, 7) is 3.88. The Morgan fingerprint density at radius 3 is 2.75 bits per heavy atom. The van der Waals surface area contributed by atoms with E-state index < -0.39 is 0 Å². The molecule has 3 rings (SSSR count). The van der Waals surface area contributed by atoms with E-state index in [9.17, 15) is 0 Å². The molecule has 0 spiro atoms. The van der Waals surface area contributed by atoms with E-state index in [1.54, 1.807) is 5.57 Å². The molecule has 1 aliphatic heterocycles. The van der Waals surface area contributed by atoms with Crippen LogP contribution < -0.4 is 0 Å². The molecule has 0 radical (unpaired) electrons. The van der Waals surface area contributed by atoms with Gasteiger partial charge in [0.1, 0.15) is 0 Å². The van der Waals surface area contributed by atoms with Crippen molar-refractivity contribution in [2.24, 2.45) is 0 Å². The van der Waals surface area contributed by atoms with E-state index in [1.165, 1.54) is 50.0 Å². The Balaban J connectivity index is 1.64. The Labute approximate surface area is 97.8 Å². The van der Waals surface area contributed by atoms with Crippen LogP contribution in [0.2, 0.25) is 0 Å². The van der Waals surface area contributed by atoms with Gasteiger partial charge in [-0.3, -0.25) is 0 Å². The molecule has 84 valence electrons. The molecule has 0 N–H and O–H groups in total. The molecular weight excluding hydrogens is 194 g/mol. The first kappa shape index (κ1) is 10.1. The van der Waals surface area contributed by atoms with Crippen molar-refractivity contribution in [1.82, 2.24) is 4.90 Å². The summed E-state index contributed by atoms with van der Waals surface area (Å²) in [6, 6.07) is 8.84. The molecule has 1 heteroatoms. The van der Waals surface area contributed by atoms with Gasteiger partial charge in [-0.1, -0.05) is 30.3 Å². The van der Waals surface area contributed by atoms with Gasteiger partial charge < -0.3 is 4.90 Å². The van der Waals surface area contributed by atoms with Crippen molar-refractivity contribution < 1.29 is 0 Å². The highest BCUT2D eigenvalue weighted by Gasteiger charge is 2.15. The average Bonchev–Trinajstić information content (AvgIpc) is 2.96. The van der Waals surface area contributed by atoms with Crippen molar-refractivity contribution >= 4 is 5.57 Å². The first-order valence-corrected chi connectivity index (χ1v) is 6.43. The second kappa shape index (κ2) is 4.42. The normalized spacial score (nSPS) is 19.9. The van der Waals surface area contributed by atoms with Gasteiger partial charge in [-0.25, -0.2) is 0 Å². The van der Waals surface area contributed by atoms with Crippen LogP contribution in [0, 0.1) is 0 Å². The van der Waals surface area contributed by atoms with Crippen molar-refractivity contribution in [1.29, 1.82) is 0 Å². The summed E-state index contributed by atoms with van der Waals surface area (Å²) in [5.41, 5.74) is 4.59. The lowest BCUT2D eigenvalue weighted by atomic mass is 10.0. The Morgan fingerprint density at radius 2 is 1.88 bits per heavy atom. The van der Waals surface area contributed by atoms with E-state index in [0.717, 1.165) is 6.42 Å². The van der Waals surface area contributed by atoms with Gasteiger partial charge in [0.05, 0.1) is 0 Å². The number of allylic oxidation sites excluding steroid dienone is 1. The number of hydrogen-bond donors (Lipinski definition) is 0. The van der Waals surface area contributed by atoms with E-state index in [4.69, 9.17) is 0 Å². The summed E-state index contributed by atoms with van der Waals surface area (Å²) in [6.07, 6.45) is 7.59. The van der Waals surface area contributed by atoms with Gasteiger partial charge in [0.2, 0.25) is 0 Å². The molecule has 0 amide bonds. The van der Waals surface area contributed by atoms with Crippen molar-refractivity contribution in [3.05, 3.63) is 41.5 Å². The first-order chi connectivity index (χ1) is 7.93. The van der Waals surface area contributed by atoms with Crippen molar-refractivity contribution in [3.8, 4) is 0 Å². The largest absolute Gasteiger partial charge is 0.303 e. The van der Waals surface area contributed by atoms with Crippen LogP contribution in [-0.4, -0.2) is 24.5 Å². The molecular formula is C15H19N. The summed E-state index contributed by atoms with van der Waals surface area (Å²) < 4.78 is 0. The molecule has 1 aromatic rings. The molecule has 0 bridgehead atoms. The van der Waals surface area contributed by atoms with Crippen molar-refractivity contribution in [2.75, 3.05) is 19.6 Å². The lowest BCUT2D eigenvalue weighted by molar-refractivity contribution is 0.348. The molecule has 1 aromatic carbocycles. The molecule has 2 aliphatic rings. The molecule has 1 nitrogen and oxygen atoms in total. The molecule has 0 saturated carbocycles. The van der Waals surface area contributed by atoms with Gasteiger partial charge in [0.25, 0.3) is 0 Å². The van der Waals surface area contributed by atoms with Gasteiger partial charge in [-0.05, 0) is 55.5 Å². The third-order valence-electron chi connectivity index (χ3n) is 3.83. The minimum Gasteiger partial charge on any atom is -0.303 e. The predicted octanol–water partition coefficient (Wildman–Crippen LogP) is 3.11. The smallest absolute Gasteiger partial charge is 0.00219 e. The predicted molar refractivity (Wildman–Crippen MR) is 68.4 cm³/mol. The van der Waals surface area contributed by atoms with Crippen molar-refractivity contribution in [2.45, 2.75) is 25.7 Å². The first-order valence-electron chi connectivity index (χ1n) is 6.43. The summed E-state index contributed by atoms with van der Waals surface area (Å²) >= 11 is 0. The number of benzene rings is 1.